The highest BCUT2D eigenvalue weighted by Gasteiger charge is 1.99. The van der Waals surface area contributed by atoms with Gasteiger partial charge in [0.25, 0.3) is 0 Å². The molecule has 1 N–H and O–H groups in total. The van der Waals surface area contributed by atoms with Gasteiger partial charge < -0.3 is 5.11 Å². The summed E-state index contributed by atoms with van der Waals surface area (Å²) in [5.41, 5.74) is 0.918. The van der Waals surface area contributed by atoms with Crippen LogP contribution < -0.4 is 0 Å². The van der Waals surface area contributed by atoms with E-state index < -0.39 is 0 Å². The van der Waals surface area contributed by atoms with Gasteiger partial charge in [0.2, 0.25) is 0 Å². The SMILES string of the molecule is OCc1nc2c[c]ccc2s1. The van der Waals surface area contributed by atoms with Crippen LogP contribution in [0, 0.1) is 6.07 Å². The summed E-state index contributed by atoms with van der Waals surface area (Å²) in [5.74, 6) is 0. The van der Waals surface area contributed by atoms with Gasteiger partial charge in [-0.3, -0.25) is 0 Å². The van der Waals surface area contributed by atoms with Crippen LogP contribution in [0.15, 0.2) is 18.2 Å². The number of rotatable bonds is 1. The summed E-state index contributed by atoms with van der Waals surface area (Å²) in [6.07, 6.45) is 0. The highest BCUT2D eigenvalue weighted by atomic mass is 32.1. The zero-order chi connectivity index (χ0) is 7.68. The summed E-state index contributed by atoms with van der Waals surface area (Å²) in [6.45, 7) is 0.0271. The molecular weight excluding hydrogens is 158 g/mol. The third kappa shape index (κ3) is 1.13. The third-order valence-corrected chi connectivity index (χ3v) is 2.43. The van der Waals surface area contributed by atoms with Crippen molar-refractivity contribution < 1.29 is 5.11 Å². The van der Waals surface area contributed by atoms with Gasteiger partial charge in [-0.05, 0) is 18.2 Å². The van der Waals surface area contributed by atoms with Gasteiger partial charge in [0.15, 0.2) is 0 Å². The Morgan fingerprint density at radius 1 is 1.64 bits per heavy atom. The first kappa shape index (κ1) is 6.76. The Morgan fingerprint density at radius 2 is 2.55 bits per heavy atom. The number of hydrogen-bond donors (Lipinski definition) is 1. The molecule has 2 aromatic rings. The first-order valence-corrected chi connectivity index (χ1v) is 4.08. The van der Waals surface area contributed by atoms with Crippen molar-refractivity contribution in [3.05, 3.63) is 29.3 Å². The Morgan fingerprint density at radius 3 is 3.27 bits per heavy atom. The molecule has 0 amide bonds. The van der Waals surface area contributed by atoms with Gasteiger partial charge in [-0.1, -0.05) is 6.07 Å². The Hall–Kier alpha value is -0.930. The van der Waals surface area contributed by atoms with E-state index in [0.29, 0.717) is 0 Å². The van der Waals surface area contributed by atoms with Crippen LogP contribution in [0.1, 0.15) is 5.01 Å². The maximum Gasteiger partial charge on any atom is 0.119 e. The van der Waals surface area contributed by atoms with E-state index in [1.54, 1.807) is 0 Å². The van der Waals surface area contributed by atoms with Crippen molar-refractivity contribution >= 4 is 21.6 Å². The van der Waals surface area contributed by atoms with Crippen LogP contribution in [0.2, 0.25) is 0 Å². The average molecular weight is 164 g/mol. The maximum atomic E-state index is 8.78. The highest BCUT2D eigenvalue weighted by Crippen LogP contribution is 2.20. The summed E-state index contributed by atoms with van der Waals surface area (Å²) >= 11 is 1.52. The monoisotopic (exact) mass is 164 g/mol. The molecule has 0 aliphatic carbocycles. The number of aliphatic hydroxyl groups is 1. The molecule has 0 spiro atoms. The molecule has 0 fully saturated rings. The topological polar surface area (TPSA) is 33.1 Å². The van der Waals surface area contributed by atoms with Crippen molar-refractivity contribution in [2.75, 3.05) is 0 Å². The molecule has 0 bridgehead atoms. The van der Waals surface area contributed by atoms with Crippen molar-refractivity contribution in [2.45, 2.75) is 6.61 Å². The van der Waals surface area contributed by atoms with Gasteiger partial charge in [0.05, 0.1) is 16.8 Å². The quantitative estimate of drug-likeness (QED) is 0.694. The van der Waals surface area contributed by atoms with Crippen LogP contribution in [0.4, 0.5) is 0 Å². The second-order valence-electron chi connectivity index (χ2n) is 2.16. The largest absolute Gasteiger partial charge is 0.389 e. The molecule has 0 unspecified atom stereocenters. The van der Waals surface area contributed by atoms with E-state index in [1.807, 2.05) is 18.2 Å². The lowest BCUT2D eigenvalue weighted by Crippen LogP contribution is -1.76. The highest BCUT2D eigenvalue weighted by molar-refractivity contribution is 7.18. The Labute approximate surface area is 68.1 Å². The lowest BCUT2D eigenvalue weighted by atomic mass is 10.3. The van der Waals surface area contributed by atoms with Crippen molar-refractivity contribution in [3.8, 4) is 0 Å². The normalized spacial score (nSPS) is 10.6. The summed E-state index contributed by atoms with van der Waals surface area (Å²) < 4.78 is 1.10. The van der Waals surface area contributed by atoms with E-state index in [2.05, 4.69) is 11.1 Å². The van der Waals surface area contributed by atoms with E-state index in [4.69, 9.17) is 5.11 Å². The van der Waals surface area contributed by atoms with Crippen molar-refractivity contribution in [3.63, 3.8) is 0 Å². The van der Waals surface area contributed by atoms with Crippen LogP contribution >= 0.6 is 11.3 Å². The van der Waals surface area contributed by atoms with Crippen molar-refractivity contribution in [1.82, 2.24) is 4.98 Å². The molecule has 55 valence electrons. The Balaban J connectivity index is 2.69. The minimum Gasteiger partial charge on any atom is -0.389 e. The molecule has 2 rings (SSSR count). The number of thiazole rings is 1. The van der Waals surface area contributed by atoms with Crippen LogP contribution in [-0.4, -0.2) is 10.1 Å². The van der Waals surface area contributed by atoms with Gasteiger partial charge in [0, 0.05) is 0 Å². The van der Waals surface area contributed by atoms with Gasteiger partial charge in [-0.15, -0.1) is 11.3 Å². The van der Waals surface area contributed by atoms with Crippen LogP contribution in [-0.2, 0) is 6.61 Å². The van der Waals surface area contributed by atoms with E-state index in [-0.39, 0.29) is 6.61 Å². The lowest BCUT2D eigenvalue weighted by molar-refractivity contribution is 0.281. The molecule has 0 saturated heterocycles. The summed E-state index contributed by atoms with van der Waals surface area (Å²) in [7, 11) is 0. The van der Waals surface area contributed by atoms with E-state index >= 15 is 0 Å². The first-order chi connectivity index (χ1) is 5.40. The second-order valence-corrected chi connectivity index (χ2v) is 3.27. The fourth-order valence-corrected chi connectivity index (χ4v) is 1.74. The molecule has 1 radical (unpaired) electrons. The fourth-order valence-electron chi connectivity index (χ4n) is 0.933. The molecular formula is C8H6NOS. The molecule has 0 saturated carbocycles. The first-order valence-electron chi connectivity index (χ1n) is 3.26. The minimum atomic E-state index is 0.0271. The van der Waals surface area contributed by atoms with Crippen LogP contribution in [0.5, 0.6) is 0 Å². The third-order valence-electron chi connectivity index (χ3n) is 1.41. The number of aliphatic hydroxyl groups excluding tert-OH is 1. The van der Waals surface area contributed by atoms with Gasteiger partial charge in [0.1, 0.15) is 5.01 Å². The fraction of sp³-hybridized carbons (Fsp3) is 0.125. The van der Waals surface area contributed by atoms with Crippen molar-refractivity contribution in [2.24, 2.45) is 0 Å². The number of aromatic nitrogens is 1. The minimum absolute atomic E-state index is 0.0271. The lowest BCUT2D eigenvalue weighted by Gasteiger charge is -1.80. The van der Waals surface area contributed by atoms with E-state index in [1.165, 1.54) is 11.3 Å². The summed E-state index contributed by atoms with van der Waals surface area (Å²) in [6, 6.07) is 8.56. The predicted octanol–water partition coefficient (Wildman–Crippen LogP) is 1.59. The molecule has 1 heterocycles. The summed E-state index contributed by atoms with van der Waals surface area (Å²) in [5, 5.41) is 9.54. The zero-order valence-corrected chi connectivity index (χ0v) is 6.56. The number of fused-ring (bicyclic) bond motifs is 1. The second kappa shape index (κ2) is 2.60. The Kier molecular flexibility index (Phi) is 1.60. The van der Waals surface area contributed by atoms with Crippen LogP contribution in [0.25, 0.3) is 10.2 Å². The molecule has 1 aromatic carbocycles. The molecule has 1 aromatic heterocycles. The molecule has 0 aliphatic heterocycles. The van der Waals surface area contributed by atoms with E-state index in [0.717, 1.165) is 15.2 Å². The molecule has 11 heavy (non-hydrogen) atoms. The van der Waals surface area contributed by atoms with Gasteiger partial charge in [-0.25, -0.2) is 4.98 Å². The van der Waals surface area contributed by atoms with Gasteiger partial charge in [-0.2, -0.15) is 0 Å². The molecule has 0 atom stereocenters. The molecule has 2 nitrogen and oxygen atoms in total. The zero-order valence-electron chi connectivity index (χ0n) is 5.74. The molecule has 3 heteroatoms. The Bertz CT molecular complexity index is 336. The smallest absolute Gasteiger partial charge is 0.119 e. The maximum absolute atomic E-state index is 8.78. The number of benzene rings is 1. The molecule has 0 aliphatic rings. The van der Waals surface area contributed by atoms with Crippen molar-refractivity contribution in [1.29, 1.82) is 0 Å². The summed E-state index contributed by atoms with van der Waals surface area (Å²) in [4.78, 5) is 4.17. The predicted molar refractivity (Wildman–Crippen MR) is 44.4 cm³/mol. The number of nitrogens with zero attached hydrogens (tertiary/aromatic N) is 1. The standard InChI is InChI=1S/C8H6NOS/c10-5-8-9-6-3-1-2-4-7(6)11-8/h2-4,10H,5H2. The van der Waals surface area contributed by atoms with E-state index in [9.17, 15) is 0 Å². The number of hydrogen-bond acceptors (Lipinski definition) is 3. The average Bonchev–Trinajstić information content (AvgIpc) is 2.46. The van der Waals surface area contributed by atoms with Gasteiger partial charge >= 0.3 is 0 Å². The van der Waals surface area contributed by atoms with Crippen LogP contribution in [0.3, 0.4) is 0 Å².